The maximum absolute atomic E-state index is 12.1. The molecule has 17 heavy (non-hydrogen) atoms. The van der Waals surface area contributed by atoms with Crippen molar-refractivity contribution in [1.29, 1.82) is 0 Å². The Hall–Kier alpha value is -0.450. The molecular weight excluding hydrogens is 218 g/mol. The summed E-state index contributed by atoms with van der Waals surface area (Å²) in [5.41, 5.74) is -0.783. The minimum Gasteiger partial charge on any atom is -0.356 e. The van der Waals surface area contributed by atoms with Gasteiger partial charge in [-0.1, -0.05) is 20.8 Å². The average molecular weight is 243 g/mol. The van der Waals surface area contributed by atoms with Crippen LogP contribution in [0.2, 0.25) is 0 Å². The topological polar surface area (TPSA) is 49.8 Å². The fourth-order valence-corrected chi connectivity index (χ4v) is 1.84. The fraction of sp³-hybridized carbons (Fsp3) is 0.923. The van der Waals surface area contributed by atoms with E-state index < -0.39 is 12.0 Å². The van der Waals surface area contributed by atoms with Gasteiger partial charge in [-0.15, -0.1) is 0 Å². The normalized spacial score (nSPS) is 24.3. The highest BCUT2D eigenvalue weighted by Gasteiger charge is 2.43. The molecule has 1 aliphatic rings. The highest BCUT2D eigenvalue weighted by molar-refractivity contribution is 5.89. The number of aliphatic hydroxyl groups excluding tert-OH is 1. The number of hydrogen-bond acceptors (Lipinski definition) is 4. The third kappa shape index (κ3) is 3.76. The van der Waals surface area contributed by atoms with Crippen LogP contribution in [0.25, 0.3) is 0 Å². The van der Waals surface area contributed by atoms with Crippen LogP contribution in [-0.2, 0) is 9.53 Å². The predicted octanol–water partition coefficient (Wildman–Crippen LogP) is 1.77. The summed E-state index contributed by atoms with van der Waals surface area (Å²) in [6.45, 7) is 12.1. The van der Waals surface area contributed by atoms with Gasteiger partial charge in [-0.05, 0) is 27.2 Å². The maximum Gasteiger partial charge on any atom is 0.217 e. The van der Waals surface area contributed by atoms with E-state index >= 15 is 0 Å². The van der Waals surface area contributed by atoms with Gasteiger partial charge in [0.05, 0.1) is 11.6 Å². The number of nitrogens with zero attached hydrogens (tertiary/aromatic N) is 1. The molecule has 0 aliphatic carbocycles. The molecule has 0 spiro atoms. The van der Waals surface area contributed by atoms with Crippen molar-refractivity contribution in [2.45, 2.75) is 66.0 Å². The number of Topliss-reactive ketones (excluding diaryl/α,β-unsaturated/α-hetero) is 1. The molecule has 1 N–H and O–H groups in total. The summed E-state index contributed by atoms with van der Waals surface area (Å²) in [6.07, 6.45) is -0.180. The van der Waals surface area contributed by atoms with E-state index in [0.29, 0.717) is 6.54 Å². The summed E-state index contributed by atoms with van der Waals surface area (Å²) in [5.74, 6) is 0.167. The molecule has 4 nitrogen and oxygen atoms in total. The molecule has 0 saturated carbocycles. The third-order valence-electron chi connectivity index (χ3n) is 2.85. The summed E-state index contributed by atoms with van der Waals surface area (Å²) < 4.78 is 5.46. The Kier molecular flexibility index (Phi) is 4.01. The molecule has 0 aromatic carbocycles. The lowest BCUT2D eigenvalue weighted by atomic mass is 9.82. The zero-order chi connectivity index (χ0) is 13.4. The Morgan fingerprint density at radius 3 is 2.12 bits per heavy atom. The number of ketones is 1. The molecule has 2 atom stereocenters. The van der Waals surface area contributed by atoms with Crippen LogP contribution in [0, 0.1) is 5.41 Å². The highest BCUT2D eigenvalue weighted by atomic mass is 16.6. The fourth-order valence-electron chi connectivity index (χ4n) is 1.84. The smallest absolute Gasteiger partial charge is 0.217 e. The van der Waals surface area contributed by atoms with Crippen LogP contribution < -0.4 is 0 Å². The quantitative estimate of drug-likeness (QED) is 0.767. The first-order valence-electron chi connectivity index (χ1n) is 6.18. The Bertz CT molecular complexity index is 288. The van der Waals surface area contributed by atoms with Crippen molar-refractivity contribution in [2.75, 3.05) is 6.54 Å². The molecule has 1 fully saturated rings. The van der Waals surface area contributed by atoms with Crippen molar-refractivity contribution in [1.82, 2.24) is 4.90 Å². The molecule has 0 amide bonds. The van der Waals surface area contributed by atoms with Gasteiger partial charge >= 0.3 is 0 Å². The number of carbonyl (C=O) groups excluding carboxylic acids is 1. The van der Waals surface area contributed by atoms with Crippen LogP contribution in [-0.4, -0.2) is 40.4 Å². The highest BCUT2D eigenvalue weighted by Crippen LogP contribution is 2.29. The van der Waals surface area contributed by atoms with Crippen molar-refractivity contribution in [3.8, 4) is 0 Å². The van der Waals surface area contributed by atoms with Crippen molar-refractivity contribution < 1.29 is 14.6 Å². The molecule has 0 aromatic heterocycles. The largest absolute Gasteiger partial charge is 0.356 e. The zero-order valence-corrected chi connectivity index (χ0v) is 11.8. The summed E-state index contributed by atoms with van der Waals surface area (Å²) in [7, 11) is 0. The lowest BCUT2D eigenvalue weighted by Gasteiger charge is -2.45. The van der Waals surface area contributed by atoms with Crippen LogP contribution in [0.4, 0.5) is 0 Å². The second-order valence-electron chi connectivity index (χ2n) is 6.71. The molecule has 1 heterocycles. The van der Waals surface area contributed by atoms with E-state index in [4.69, 9.17) is 4.74 Å². The SMILES string of the molecule is CC(C)(C)OC(O)N1CC[C@H]1C(=O)C(C)(C)C. The lowest BCUT2D eigenvalue weighted by Crippen LogP contribution is -2.60. The minimum atomic E-state index is -0.986. The van der Waals surface area contributed by atoms with Crippen molar-refractivity contribution in [3.05, 3.63) is 0 Å². The Morgan fingerprint density at radius 1 is 1.29 bits per heavy atom. The standard InChI is InChI=1S/C13H25NO3/c1-12(2,3)10(15)9-7-8-14(9)11(16)17-13(4,5)6/h9,11,16H,7-8H2,1-6H3/t9-,11?/m0/s1. The summed E-state index contributed by atoms with van der Waals surface area (Å²) >= 11 is 0. The minimum absolute atomic E-state index is 0.167. The van der Waals surface area contributed by atoms with Gasteiger partial charge < -0.3 is 9.84 Å². The second kappa shape index (κ2) is 4.67. The molecule has 1 rings (SSSR count). The van der Waals surface area contributed by atoms with Crippen molar-refractivity contribution in [2.24, 2.45) is 5.41 Å². The number of aliphatic hydroxyl groups is 1. The van der Waals surface area contributed by atoms with Crippen molar-refractivity contribution >= 4 is 5.78 Å². The van der Waals surface area contributed by atoms with Crippen LogP contribution >= 0.6 is 0 Å². The Morgan fingerprint density at radius 2 is 1.82 bits per heavy atom. The first-order chi connectivity index (χ1) is 7.52. The molecule has 0 radical (unpaired) electrons. The van der Waals surface area contributed by atoms with E-state index in [9.17, 15) is 9.90 Å². The first kappa shape index (κ1) is 14.6. The Labute approximate surface area is 104 Å². The molecule has 100 valence electrons. The van der Waals surface area contributed by atoms with E-state index in [-0.39, 0.29) is 17.2 Å². The van der Waals surface area contributed by atoms with Crippen LogP contribution in [0.15, 0.2) is 0 Å². The van der Waals surface area contributed by atoms with Crippen LogP contribution in [0.5, 0.6) is 0 Å². The van der Waals surface area contributed by atoms with Crippen LogP contribution in [0.1, 0.15) is 48.0 Å². The summed E-state index contributed by atoms with van der Waals surface area (Å²) in [6, 6.07) is -0.202. The van der Waals surface area contributed by atoms with Gasteiger partial charge in [0.2, 0.25) is 6.41 Å². The van der Waals surface area contributed by atoms with E-state index in [0.717, 1.165) is 6.42 Å². The molecule has 0 bridgehead atoms. The monoisotopic (exact) mass is 243 g/mol. The third-order valence-corrected chi connectivity index (χ3v) is 2.85. The van der Waals surface area contributed by atoms with Gasteiger partial charge in [0.15, 0.2) is 5.78 Å². The molecule has 1 unspecified atom stereocenters. The average Bonchev–Trinajstić information content (AvgIpc) is 1.95. The summed E-state index contributed by atoms with van der Waals surface area (Å²) in [5, 5.41) is 9.94. The second-order valence-corrected chi connectivity index (χ2v) is 6.71. The summed E-state index contributed by atoms with van der Waals surface area (Å²) in [4.78, 5) is 13.8. The number of rotatable bonds is 3. The zero-order valence-electron chi connectivity index (χ0n) is 11.8. The van der Waals surface area contributed by atoms with Crippen LogP contribution in [0.3, 0.4) is 0 Å². The van der Waals surface area contributed by atoms with Gasteiger partial charge in [-0.3, -0.25) is 4.79 Å². The number of carbonyl (C=O) groups is 1. The van der Waals surface area contributed by atoms with Gasteiger partial charge in [-0.25, -0.2) is 4.90 Å². The van der Waals surface area contributed by atoms with Crippen molar-refractivity contribution in [3.63, 3.8) is 0 Å². The number of likely N-dealkylation sites (tertiary alicyclic amines) is 1. The van der Waals surface area contributed by atoms with Gasteiger partial charge in [0.25, 0.3) is 0 Å². The van der Waals surface area contributed by atoms with E-state index in [1.54, 1.807) is 4.90 Å². The Balaban J connectivity index is 2.60. The molecular formula is C13H25NO3. The number of hydrogen-bond donors (Lipinski definition) is 1. The number of ether oxygens (including phenoxy) is 1. The molecule has 4 heteroatoms. The van der Waals surface area contributed by atoms with E-state index in [2.05, 4.69) is 0 Å². The van der Waals surface area contributed by atoms with E-state index in [1.807, 2.05) is 41.5 Å². The first-order valence-corrected chi connectivity index (χ1v) is 6.18. The van der Waals surface area contributed by atoms with Gasteiger partial charge in [0.1, 0.15) is 0 Å². The van der Waals surface area contributed by atoms with Gasteiger partial charge in [-0.2, -0.15) is 0 Å². The molecule has 1 aliphatic heterocycles. The predicted molar refractivity (Wildman–Crippen MR) is 66.4 cm³/mol. The van der Waals surface area contributed by atoms with E-state index in [1.165, 1.54) is 0 Å². The molecule has 1 saturated heterocycles. The maximum atomic E-state index is 12.1. The lowest BCUT2D eigenvalue weighted by molar-refractivity contribution is -0.264. The van der Waals surface area contributed by atoms with Gasteiger partial charge in [0, 0.05) is 12.0 Å². The molecule has 0 aromatic rings.